The molecule has 11 heavy (non-hydrogen) atoms. The number of hydrogen-bond acceptors (Lipinski definition) is 0. The van der Waals surface area contributed by atoms with Crippen LogP contribution in [0.4, 0.5) is 0 Å². The van der Waals surface area contributed by atoms with Crippen LogP contribution in [-0.2, 0) is 6.42 Å². The number of hydrogen-bond donors (Lipinski definition) is 2. The Morgan fingerprint density at radius 1 is 0.909 bits per heavy atom. The lowest BCUT2D eigenvalue weighted by molar-refractivity contribution is 1.28. The molecule has 1 aliphatic carbocycles. The molecule has 2 N–H and O–H groups in total. The molecule has 0 aliphatic heterocycles. The van der Waals surface area contributed by atoms with Crippen molar-refractivity contribution >= 4 is 0 Å². The third-order valence-corrected chi connectivity index (χ3v) is 2.30. The number of aromatic amines is 2. The zero-order valence-corrected chi connectivity index (χ0v) is 6.02. The fourth-order valence-corrected chi connectivity index (χ4v) is 1.77. The van der Waals surface area contributed by atoms with Crippen LogP contribution in [0.1, 0.15) is 11.1 Å². The molecule has 2 aromatic heterocycles. The van der Waals surface area contributed by atoms with Crippen LogP contribution in [0.3, 0.4) is 0 Å². The smallest absolute Gasteiger partial charge is 0.0658 e. The Labute approximate surface area is 64.3 Å². The number of nitrogens with one attached hydrogen (secondary N) is 2. The van der Waals surface area contributed by atoms with Crippen molar-refractivity contribution in [2.45, 2.75) is 6.42 Å². The molecule has 0 amide bonds. The van der Waals surface area contributed by atoms with Crippen molar-refractivity contribution in [3.05, 3.63) is 35.7 Å². The maximum absolute atomic E-state index is 3.23. The summed E-state index contributed by atoms with van der Waals surface area (Å²) in [7, 11) is 0. The average molecular weight is 144 g/mol. The Hall–Kier alpha value is -1.44. The van der Waals surface area contributed by atoms with E-state index in [1.807, 2.05) is 12.4 Å². The molecule has 2 heterocycles. The maximum Gasteiger partial charge on any atom is 0.0658 e. The van der Waals surface area contributed by atoms with Crippen LogP contribution in [0.25, 0.3) is 11.4 Å². The fraction of sp³-hybridized carbons (Fsp3) is 0.111. The number of H-pyrrole nitrogens is 2. The number of aromatic nitrogens is 2. The summed E-state index contributed by atoms with van der Waals surface area (Å²) in [6, 6.07) is 4.28. The lowest BCUT2D eigenvalue weighted by Crippen LogP contribution is -1.73. The molecule has 2 aromatic rings. The fourth-order valence-electron chi connectivity index (χ4n) is 1.77. The zero-order chi connectivity index (χ0) is 7.26. The molecule has 0 saturated carbocycles. The quantitative estimate of drug-likeness (QED) is 0.483. The lowest BCUT2D eigenvalue weighted by Gasteiger charge is -1.88. The van der Waals surface area contributed by atoms with Crippen LogP contribution >= 0.6 is 0 Å². The lowest BCUT2D eigenvalue weighted by atomic mass is 10.2. The zero-order valence-electron chi connectivity index (χ0n) is 6.02. The molecule has 0 atom stereocenters. The molecule has 0 spiro atoms. The van der Waals surface area contributed by atoms with Crippen molar-refractivity contribution in [2.24, 2.45) is 0 Å². The van der Waals surface area contributed by atoms with Crippen molar-refractivity contribution in [3.63, 3.8) is 0 Å². The number of rotatable bonds is 0. The summed E-state index contributed by atoms with van der Waals surface area (Å²) in [5.74, 6) is 0. The van der Waals surface area contributed by atoms with Crippen LogP contribution in [0.2, 0.25) is 0 Å². The van der Waals surface area contributed by atoms with Gasteiger partial charge in [-0.15, -0.1) is 0 Å². The van der Waals surface area contributed by atoms with E-state index in [1.54, 1.807) is 0 Å². The third kappa shape index (κ3) is 0.522. The molecule has 0 unspecified atom stereocenters. The largest absolute Gasteiger partial charge is 0.360 e. The van der Waals surface area contributed by atoms with Crippen LogP contribution in [0.15, 0.2) is 24.5 Å². The predicted molar refractivity (Wildman–Crippen MR) is 43.4 cm³/mol. The van der Waals surface area contributed by atoms with E-state index >= 15 is 0 Å². The standard InChI is InChI=1S/C9H8N2/c1-3-10-8-6(1)5-7-2-4-11-9(7)8/h1-4,10-11H,5H2. The Bertz CT molecular complexity index is 357. The normalized spacial score (nSPS) is 13.1. The van der Waals surface area contributed by atoms with Crippen molar-refractivity contribution in [2.75, 3.05) is 0 Å². The van der Waals surface area contributed by atoms with Gasteiger partial charge in [0.2, 0.25) is 0 Å². The molecular weight excluding hydrogens is 136 g/mol. The monoisotopic (exact) mass is 144 g/mol. The van der Waals surface area contributed by atoms with Crippen LogP contribution in [0, 0.1) is 0 Å². The highest BCUT2D eigenvalue weighted by atomic mass is 14.8. The van der Waals surface area contributed by atoms with Gasteiger partial charge in [-0.25, -0.2) is 0 Å². The summed E-state index contributed by atoms with van der Waals surface area (Å²) in [5, 5.41) is 0. The molecule has 3 rings (SSSR count). The van der Waals surface area contributed by atoms with Gasteiger partial charge in [0.05, 0.1) is 11.4 Å². The third-order valence-electron chi connectivity index (χ3n) is 2.30. The second-order valence-corrected chi connectivity index (χ2v) is 2.93. The Morgan fingerprint density at radius 3 is 2.00 bits per heavy atom. The van der Waals surface area contributed by atoms with Gasteiger partial charge in [0.15, 0.2) is 0 Å². The average Bonchev–Trinajstić information content (AvgIpc) is 2.52. The second-order valence-electron chi connectivity index (χ2n) is 2.93. The van der Waals surface area contributed by atoms with E-state index in [0.717, 1.165) is 6.42 Å². The van der Waals surface area contributed by atoms with Gasteiger partial charge in [0.1, 0.15) is 0 Å². The highest BCUT2D eigenvalue weighted by Gasteiger charge is 2.19. The van der Waals surface area contributed by atoms with Crippen molar-refractivity contribution in [1.82, 2.24) is 9.97 Å². The van der Waals surface area contributed by atoms with E-state index in [4.69, 9.17) is 0 Å². The Balaban J connectivity index is 2.38. The first-order chi connectivity index (χ1) is 5.45. The van der Waals surface area contributed by atoms with Crippen LogP contribution < -0.4 is 0 Å². The summed E-state index contributed by atoms with van der Waals surface area (Å²) in [5.41, 5.74) is 5.36. The molecule has 2 nitrogen and oxygen atoms in total. The Kier molecular flexibility index (Phi) is 0.756. The summed E-state index contributed by atoms with van der Waals surface area (Å²) < 4.78 is 0. The van der Waals surface area contributed by atoms with Gasteiger partial charge in [-0.05, 0) is 23.3 Å². The van der Waals surface area contributed by atoms with E-state index < -0.39 is 0 Å². The topological polar surface area (TPSA) is 31.6 Å². The van der Waals surface area contributed by atoms with Crippen molar-refractivity contribution in [3.8, 4) is 11.4 Å². The molecular formula is C9H8N2. The maximum atomic E-state index is 3.23. The van der Waals surface area contributed by atoms with E-state index in [2.05, 4.69) is 22.1 Å². The van der Waals surface area contributed by atoms with E-state index in [0.29, 0.717) is 0 Å². The van der Waals surface area contributed by atoms with E-state index in [1.165, 1.54) is 22.5 Å². The molecule has 2 heteroatoms. The van der Waals surface area contributed by atoms with E-state index in [9.17, 15) is 0 Å². The Morgan fingerprint density at radius 2 is 1.45 bits per heavy atom. The van der Waals surface area contributed by atoms with Gasteiger partial charge in [0, 0.05) is 18.8 Å². The van der Waals surface area contributed by atoms with E-state index in [-0.39, 0.29) is 0 Å². The first kappa shape index (κ1) is 5.24. The van der Waals surface area contributed by atoms with Crippen LogP contribution in [-0.4, -0.2) is 9.97 Å². The van der Waals surface area contributed by atoms with Gasteiger partial charge >= 0.3 is 0 Å². The summed E-state index contributed by atoms with van der Waals surface area (Å²) >= 11 is 0. The van der Waals surface area contributed by atoms with Crippen molar-refractivity contribution in [1.29, 1.82) is 0 Å². The summed E-state index contributed by atoms with van der Waals surface area (Å²) in [6.45, 7) is 0. The SMILES string of the molecule is c1cc2c([nH]1)-c1[nH]ccc1C2. The minimum absolute atomic E-state index is 1.08. The first-order valence-electron chi connectivity index (χ1n) is 3.78. The van der Waals surface area contributed by atoms with Gasteiger partial charge in [-0.1, -0.05) is 0 Å². The molecule has 0 radical (unpaired) electrons. The summed E-state index contributed by atoms with van der Waals surface area (Å²) in [6.07, 6.45) is 5.07. The van der Waals surface area contributed by atoms with Gasteiger partial charge in [-0.2, -0.15) is 0 Å². The summed E-state index contributed by atoms with van der Waals surface area (Å²) in [4.78, 5) is 6.46. The molecule has 0 bridgehead atoms. The van der Waals surface area contributed by atoms with Gasteiger partial charge in [0.25, 0.3) is 0 Å². The molecule has 1 aliphatic rings. The molecule has 54 valence electrons. The van der Waals surface area contributed by atoms with Crippen molar-refractivity contribution < 1.29 is 0 Å². The van der Waals surface area contributed by atoms with Gasteiger partial charge in [-0.3, -0.25) is 0 Å². The molecule has 0 saturated heterocycles. The molecule has 0 aromatic carbocycles. The first-order valence-corrected chi connectivity index (χ1v) is 3.78. The number of fused-ring (bicyclic) bond motifs is 3. The minimum atomic E-state index is 1.08. The highest BCUT2D eigenvalue weighted by Crippen LogP contribution is 2.33. The second kappa shape index (κ2) is 1.59. The predicted octanol–water partition coefficient (Wildman–Crippen LogP) is 1.91. The van der Waals surface area contributed by atoms with Crippen LogP contribution in [0.5, 0.6) is 0 Å². The minimum Gasteiger partial charge on any atom is -0.360 e. The highest BCUT2D eigenvalue weighted by molar-refractivity contribution is 5.70. The molecule has 0 fully saturated rings. The van der Waals surface area contributed by atoms with Gasteiger partial charge < -0.3 is 9.97 Å².